The smallest absolute Gasteiger partial charge is 0.138 e. The van der Waals surface area contributed by atoms with Crippen LogP contribution in [0.4, 0.5) is 0 Å². The van der Waals surface area contributed by atoms with Gasteiger partial charge in [-0.05, 0) is 30.2 Å². The highest BCUT2D eigenvalue weighted by Gasteiger charge is 2.53. The van der Waals surface area contributed by atoms with Crippen molar-refractivity contribution in [1.82, 2.24) is 4.57 Å². The Balaban J connectivity index is 5.45. The van der Waals surface area contributed by atoms with Gasteiger partial charge in [-0.1, -0.05) is 48.5 Å². The molecule has 0 rings (SSSR count). The Morgan fingerprint density at radius 1 is 0.857 bits per heavy atom. The van der Waals surface area contributed by atoms with E-state index in [1.807, 2.05) is 0 Å². The van der Waals surface area contributed by atoms with E-state index in [9.17, 15) is 0 Å². The zero-order chi connectivity index (χ0) is 11.8. The van der Waals surface area contributed by atoms with Crippen LogP contribution in [0, 0.1) is 0 Å². The van der Waals surface area contributed by atoms with Gasteiger partial charge in [-0.15, -0.1) is 0 Å². The van der Waals surface area contributed by atoms with E-state index in [2.05, 4.69) is 67.1 Å². The molecule has 0 radical (unpaired) electrons. The quantitative estimate of drug-likeness (QED) is 0.627. The Morgan fingerprint density at radius 2 is 1.14 bits per heavy atom. The normalized spacial score (nSPS) is 15.0. The Bertz CT molecular complexity index is 169. The van der Waals surface area contributed by atoms with Crippen LogP contribution in [0.25, 0.3) is 0 Å². The van der Waals surface area contributed by atoms with Crippen molar-refractivity contribution in [2.45, 2.75) is 64.6 Å². The summed E-state index contributed by atoms with van der Waals surface area (Å²) in [6.07, 6.45) is 0. The fourth-order valence-corrected chi connectivity index (χ4v) is 11.5. The van der Waals surface area contributed by atoms with Crippen molar-refractivity contribution in [2.75, 3.05) is 14.1 Å². The Hall–Kier alpha value is 0.177. The number of nitrogens with zero attached hydrogens (tertiary/aromatic N) is 1. The summed E-state index contributed by atoms with van der Waals surface area (Å²) in [6, 6.07) is 1.33. The molecule has 0 spiro atoms. The van der Waals surface area contributed by atoms with Crippen molar-refractivity contribution < 1.29 is 0 Å². The first-order valence-corrected chi connectivity index (χ1v) is 7.83. The Morgan fingerprint density at radius 3 is 1.14 bits per heavy atom. The SMILES string of the molecule is CC[Si](N(C)C)(C(C)(C)C)C(C)(C)C. The van der Waals surface area contributed by atoms with E-state index >= 15 is 0 Å². The lowest BCUT2D eigenvalue weighted by Gasteiger charge is -2.55. The third kappa shape index (κ3) is 2.06. The summed E-state index contributed by atoms with van der Waals surface area (Å²) in [5.41, 5.74) is 0. The minimum Gasteiger partial charge on any atom is -0.328 e. The monoisotopic (exact) mass is 215 g/mol. The lowest BCUT2D eigenvalue weighted by molar-refractivity contribution is 0.472. The predicted octanol–water partition coefficient (Wildman–Crippen LogP) is 4.11. The number of rotatable bonds is 2. The van der Waals surface area contributed by atoms with Gasteiger partial charge in [0, 0.05) is 0 Å². The van der Waals surface area contributed by atoms with Crippen LogP contribution in [0.15, 0.2) is 0 Å². The third-order valence-electron chi connectivity index (χ3n) is 3.76. The molecule has 0 atom stereocenters. The second kappa shape index (κ2) is 3.97. The highest BCUT2D eigenvalue weighted by atomic mass is 28.3. The van der Waals surface area contributed by atoms with Crippen LogP contribution in [0.5, 0.6) is 0 Å². The highest BCUT2D eigenvalue weighted by Crippen LogP contribution is 2.53. The van der Waals surface area contributed by atoms with E-state index in [0.29, 0.717) is 10.1 Å². The topological polar surface area (TPSA) is 3.24 Å². The van der Waals surface area contributed by atoms with Crippen molar-refractivity contribution in [1.29, 1.82) is 0 Å². The molecule has 14 heavy (non-hydrogen) atoms. The molecule has 0 aromatic rings. The van der Waals surface area contributed by atoms with Crippen LogP contribution in [-0.2, 0) is 0 Å². The summed E-state index contributed by atoms with van der Waals surface area (Å²) in [5, 5.41) is 0.868. The van der Waals surface area contributed by atoms with Crippen LogP contribution < -0.4 is 0 Å². The fourth-order valence-electron chi connectivity index (χ4n) is 3.84. The van der Waals surface area contributed by atoms with E-state index in [4.69, 9.17) is 0 Å². The van der Waals surface area contributed by atoms with Gasteiger partial charge in [0.2, 0.25) is 0 Å². The third-order valence-corrected chi connectivity index (χ3v) is 11.3. The Labute approximate surface area is 92.0 Å². The number of hydrogen-bond acceptors (Lipinski definition) is 1. The van der Waals surface area contributed by atoms with Gasteiger partial charge in [0.25, 0.3) is 0 Å². The van der Waals surface area contributed by atoms with Gasteiger partial charge in [0.05, 0.1) is 0 Å². The molecule has 0 aliphatic carbocycles. The summed E-state index contributed by atoms with van der Waals surface area (Å²) >= 11 is 0. The largest absolute Gasteiger partial charge is 0.328 e. The minimum atomic E-state index is -1.42. The van der Waals surface area contributed by atoms with Crippen molar-refractivity contribution in [2.24, 2.45) is 0 Å². The summed E-state index contributed by atoms with van der Waals surface area (Å²) in [7, 11) is 3.12. The molecule has 0 bridgehead atoms. The van der Waals surface area contributed by atoms with Gasteiger partial charge < -0.3 is 4.57 Å². The molecule has 1 nitrogen and oxygen atoms in total. The van der Waals surface area contributed by atoms with Crippen molar-refractivity contribution in [3.8, 4) is 0 Å². The molecule has 0 unspecified atom stereocenters. The van der Waals surface area contributed by atoms with Gasteiger partial charge in [-0.2, -0.15) is 0 Å². The lowest BCUT2D eigenvalue weighted by atomic mass is 10.2. The van der Waals surface area contributed by atoms with E-state index in [1.165, 1.54) is 6.04 Å². The molecule has 0 saturated heterocycles. The van der Waals surface area contributed by atoms with Crippen molar-refractivity contribution in [3.63, 3.8) is 0 Å². The van der Waals surface area contributed by atoms with E-state index < -0.39 is 8.24 Å². The number of hydrogen-bond donors (Lipinski definition) is 0. The highest BCUT2D eigenvalue weighted by molar-refractivity contribution is 6.82. The summed E-state index contributed by atoms with van der Waals surface area (Å²) in [6.45, 7) is 16.8. The molecule has 0 fully saturated rings. The van der Waals surface area contributed by atoms with E-state index in [0.717, 1.165) is 0 Å². The molecule has 86 valence electrons. The second-order valence-electron chi connectivity index (χ2n) is 6.61. The maximum Gasteiger partial charge on any atom is 0.138 e. The summed E-state index contributed by atoms with van der Waals surface area (Å²) in [4.78, 5) is 0. The summed E-state index contributed by atoms with van der Waals surface area (Å²) < 4.78 is 2.55. The van der Waals surface area contributed by atoms with Gasteiger partial charge >= 0.3 is 0 Å². The molecule has 0 heterocycles. The molecule has 2 heteroatoms. The molecule has 0 aromatic heterocycles. The fraction of sp³-hybridized carbons (Fsp3) is 1.00. The average molecular weight is 215 g/mol. The van der Waals surface area contributed by atoms with Gasteiger partial charge in [0.1, 0.15) is 8.24 Å². The molecule has 0 N–H and O–H groups in total. The van der Waals surface area contributed by atoms with Gasteiger partial charge in [-0.3, -0.25) is 0 Å². The van der Waals surface area contributed by atoms with Crippen LogP contribution >= 0.6 is 0 Å². The summed E-state index contributed by atoms with van der Waals surface area (Å²) in [5.74, 6) is 0. The van der Waals surface area contributed by atoms with Crippen molar-refractivity contribution in [3.05, 3.63) is 0 Å². The van der Waals surface area contributed by atoms with E-state index in [1.54, 1.807) is 0 Å². The van der Waals surface area contributed by atoms with Crippen LogP contribution in [-0.4, -0.2) is 26.9 Å². The van der Waals surface area contributed by atoms with Crippen LogP contribution in [0.1, 0.15) is 48.5 Å². The molecule has 0 saturated carbocycles. The molecular weight excluding hydrogens is 186 g/mol. The zero-order valence-electron chi connectivity index (χ0n) is 11.7. The van der Waals surface area contributed by atoms with Gasteiger partial charge in [0.15, 0.2) is 0 Å². The molecular formula is C12H29NSi. The lowest BCUT2D eigenvalue weighted by Crippen LogP contribution is -2.61. The predicted molar refractivity (Wildman–Crippen MR) is 69.4 cm³/mol. The van der Waals surface area contributed by atoms with Crippen LogP contribution in [0.3, 0.4) is 0 Å². The van der Waals surface area contributed by atoms with Crippen LogP contribution in [0.2, 0.25) is 16.1 Å². The molecule has 0 amide bonds. The van der Waals surface area contributed by atoms with Crippen molar-refractivity contribution >= 4 is 8.24 Å². The average Bonchev–Trinajstić information content (AvgIpc) is 1.80. The second-order valence-corrected chi connectivity index (χ2v) is 12.9. The first kappa shape index (κ1) is 14.2. The zero-order valence-corrected chi connectivity index (χ0v) is 12.7. The first-order chi connectivity index (χ1) is 6.00. The molecule has 0 aliphatic rings. The first-order valence-electron chi connectivity index (χ1n) is 5.68. The maximum absolute atomic E-state index is 2.55. The molecule has 0 aromatic carbocycles. The van der Waals surface area contributed by atoms with Gasteiger partial charge in [-0.25, -0.2) is 0 Å². The van der Waals surface area contributed by atoms with E-state index in [-0.39, 0.29) is 0 Å². The minimum absolute atomic E-state index is 0.434. The maximum atomic E-state index is 2.55. The Kier molecular flexibility index (Phi) is 4.02. The standard InChI is InChI=1S/C12H29NSi/c1-10-14(13(8)9,11(2,3)4)12(5,6)7/h10H2,1-9H3. The molecule has 0 aliphatic heterocycles.